The van der Waals surface area contributed by atoms with Gasteiger partial charge in [0.15, 0.2) is 0 Å². The number of amides is 3. The largest absolute Gasteiger partial charge is 0.333 e. The number of halogens is 1. The predicted molar refractivity (Wildman–Crippen MR) is 147 cm³/mol. The molecule has 0 aliphatic rings. The Kier molecular flexibility index (Phi) is 9.23. The highest BCUT2D eigenvalue weighted by Crippen LogP contribution is 2.22. The highest BCUT2D eigenvalue weighted by molar-refractivity contribution is 6.31. The molecule has 0 aliphatic heterocycles. The minimum atomic E-state index is -0.613. The van der Waals surface area contributed by atoms with E-state index in [0.29, 0.717) is 22.0 Å². The summed E-state index contributed by atoms with van der Waals surface area (Å²) >= 11 is 6.07. The molecule has 3 amide bonds. The van der Waals surface area contributed by atoms with Gasteiger partial charge in [0.2, 0.25) is 0 Å². The van der Waals surface area contributed by atoms with Crippen LogP contribution >= 0.6 is 11.6 Å². The first-order valence-corrected chi connectivity index (χ1v) is 11.6. The number of anilines is 2. The van der Waals surface area contributed by atoms with Gasteiger partial charge in [-0.1, -0.05) is 35.7 Å². The molecule has 0 bridgehead atoms. The van der Waals surface area contributed by atoms with Crippen molar-refractivity contribution < 1.29 is 9.59 Å². The Bertz CT molecular complexity index is 1260. The molecule has 0 fully saturated rings. The zero-order valence-electron chi connectivity index (χ0n) is 20.5. The van der Waals surface area contributed by atoms with Crippen molar-refractivity contribution in [3.63, 3.8) is 0 Å². The van der Waals surface area contributed by atoms with E-state index in [0.717, 1.165) is 23.6 Å². The average molecular weight is 502 g/mol. The van der Waals surface area contributed by atoms with Gasteiger partial charge in [0.05, 0.1) is 11.9 Å². The van der Waals surface area contributed by atoms with Gasteiger partial charge in [-0.25, -0.2) is 9.69 Å². The van der Waals surface area contributed by atoms with Gasteiger partial charge in [0.1, 0.15) is 0 Å². The maximum Gasteiger partial charge on any atom is 0.333 e. The molecule has 184 valence electrons. The molecule has 3 aromatic carbocycles. The van der Waals surface area contributed by atoms with Gasteiger partial charge in [-0.2, -0.15) is 5.10 Å². The molecular weight excluding hydrogens is 474 g/mol. The number of hydrogen-bond acceptors (Lipinski definition) is 5. The number of benzene rings is 3. The highest BCUT2D eigenvalue weighted by Gasteiger charge is 2.25. The van der Waals surface area contributed by atoms with Crippen LogP contribution in [0.4, 0.5) is 16.2 Å². The van der Waals surface area contributed by atoms with Crippen LogP contribution in [-0.4, -0.2) is 62.3 Å². The molecule has 0 heterocycles. The lowest BCUT2D eigenvalue weighted by Gasteiger charge is -2.22. The van der Waals surface area contributed by atoms with E-state index >= 15 is 0 Å². The second-order valence-corrected chi connectivity index (χ2v) is 8.76. The van der Waals surface area contributed by atoms with Gasteiger partial charge >= 0.3 is 6.03 Å². The van der Waals surface area contributed by atoms with E-state index in [1.165, 1.54) is 6.07 Å². The topological polar surface area (TPSA) is 68.2 Å². The Balaban J connectivity index is 1.78. The number of nitrogens with one attached hydrogen (secondary N) is 1. The molecule has 8 heteroatoms. The van der Waals surface area contributed by atoms with Crippen molar-refractivity contribution in [3.8, 4) is 12.3 Å². The van der Waals surface area contributed by atoms with Crippen LogP contribution in [0.3, 0.4) is 0 Å². The summed E-state index contributed by atoms with van der Waals surface area (Å²) in [5.41, 5.74) is 2.70. The van der Waals surface area contributed by atoms with Gasteiger partial charge in [-0.3, -0.25) is 9.80 Å². The zero-order valence-corrected chi connectivity index (χ0v) is 21.2. The van der Waals surface area contributed by atoms with Crippen molar-refractivity contribution in [1.29, 1.82) is 0 Å². The number of imide groups is 1. The average Bonchev–Trinajstić information content (AvgIpc) is 2.87. The molecule has 3 rings (SSSR count). The van der Waals surface area contributed by atoms with Gasteiger partial charge in [0.25, 0.3) is 5.91 Å². The fourth-order valence-corrected chi connectivity index (χ4v) is 3.37. The first-order valence-electron chi connectivity index (χ1n) is 11.2. The fourth-order valence-electron chi connectivity index (χ4n) is 3.18. The van der Waals surface area contributed by atoms with Gasteiger partial charge in [0, 0.05) is 42.0 Å². The molecule has 0 aliphatic carbocycles. The predicted octanol–water partition coefficient (Wildman–Crippen LogP) is 5.03. The van der Waals surface area contributed by atoms with Crippen molar-refractivity contribution in [1.82, 2.24) is 9.91 Å². The van der Waals surface area contributed by atoms with Gasteiger partial charge < -0.3 is 10.2 Å². The fraction of sp³-hybridized carbons (Fsp3) is 0.179. The van der Waals surface area contributed by atoms with Crippen molar-refractivity contribution >= 4 is 41.1 Å². The number of rotatable bonds is 8. The number of carbonyl (C=O) groups excluding carboxylic acids is 2. The van der Waals surface area contributed by atoms with Crippen LogP contribution in [0.2, 0.25) is 5.02 Å². The number of terminal acetylenes is 1. The third-order valence-electron chi connectivity index (χ3n) is 5.21. The summed E-state index contributed by atoms with van der Waals surface area (Å²) in [6.45, 7) is 1.70. The molecule has 0 unspecified atom stereocenters. The van der Waals surface area contributed by atoms with E-state index in [2.05, 4.69) is 21.2 Å². The quantitative estimate of drug-likeness (QED) is 0.267. The first kappa shape index (κ1) is 26.5. The Labute approximate surface area is 217 Å². The van der Waals surface area contributed by atoms with Crippen LogP contribution in [0.25, 0.3) is 0 Å². The number of hydrogen-bond donors (Lipinski definition) is 1. The van der Waals surface area contributed by atoms with Crippen LogP contribution in [0.5, 0.6) is 0 Å². The summed E-state index contributed by atoms with van der Waals surface area (Å²) in [7, 11) is 5.94. The number of nitrogens with zero attached hydrogens (tertiary/aromatic N) is 4. The molecule has 0 radical (unpaired) electrons. The molecule has 0 saturated carbocycles. The Hall–Kier alpha value is -4.12. The maximum atomic E-state index is 13.3. The van der Waals surface area contributed by atoms with E-state index in [9.17, 15) is 9.59 Å². The van der Waals surface area contributed by atoms with E-state index < -0.39 is 11.9 Å². The molecule has 0 saturated heterocycles. The lowest BCUT2D eigenvalue weighted by Crippen LogP contribution is -2.40. The first-order chi connectivity index (χ1) is 17.3. The maximum absolute atomic E-state index is 13.3. The Morgan fingerprint density at radius 2 is 1.69 bits per heavy atom. The summed E-state index contributed by atoms with van der Waals surface area (Å²) in [5, 5.41) is 9.47. The Morgan fingerprint density at radius 3 is 2.31 bits per heavy atom. The third kappa shape index (κ3) is 7.44. The van der Waals surface area contributed by atoms with Crippen LogP contribution in [0.15, 0.2) is 77.9 Å². The second kappa shape index (κ2) is 12.5. The Morgan fingerprint density at radius 1 is 1.00 bits per heavy atom. The van der Waals surface area contributed by atoms with E-state index in [4.69, 9.17) is 18.0 Å². The summed E-state index contributed by atoms with van der Waals surface area (Å²) in [4.78, 5) is 29.7. The minimum absolute atomic E-state index is 0.281. The number of carbonyl (C=O) groups is 2. The molecular formula is C28H28ClN5O2. The van der Waals surface area contributed by atoms with Crippen LogP contribution in [0.1, 0.15) is 21.5 Å². The molecule has 1 N–H and O–H groups in total. The molecule has 3 aromatic rings. The lowest BCUT2D eigenvalue weighted by molar-refractivity contribution is 0.0995. The van der Waals surface area contributed by atoms with Crippen LogP contribution in [-0.2, 0) is 0 Å². The van der Waals surface area contributed by atoms with Gasteiger partial charge in [-0.05, 0) is 74.3 Å². The van der Waals surface area contributed by atoms with Crippen LogP contribution in [0, 0.1) is 12.3 Å². The van der Waals surface area contributed by atoms with Crippen molar-refractivity contribution in [2.24, 2.45) is 5.10 Å². The standard InChI is InChI=1S/C28H28ClN5O2/c1-5-21-11-15-26(16-12-21)34(27(35)23-7-6-8-24(29)19-23)28(36)31-25-13-9-22(10-14-25)20-30-33(4)18-17-32(2)3/h1,6-16,19-20H,17-18H2,2-4H3,(H,31,36). The smallest absolute Gasteiger partial charge is 0.308 e. The van der Waals surface area contributed by atoms with E-state index in [1.807, 2.05) is 38.3 Å². The number of hydrazone groups is 1. The molecule has 0 aromatic heterocycles. The monoisotopic (exact) mass is 501 g/mol. The minimum Gasteiger partial charge on any atom is -0.308 e. The van der Waals surface area contributed by atoms with Crippen molar-refractivity contribution in [2.75, 3.05) is 44.4 Å². The summed E-state index contributed by atoms with van der Waals surface area (Å²) in [6, 6.07) is 19.6. The molecule has 7 nitrogen and oxygen atoms in total. The molecule has 0 spiro atoms. The summed E-state index contributed by atoms with van der Waals surface area (Å²) < 4.78 is 0. The number of likely N-dealkylation sites (N-methyl/N-ethyl adjacent to an activating group) is 2. The summed E-state index contributed by atoms with van der Waals surface area (Å²) in [5.74, 6) is 2.01. The van der Waals surface area contributed by atoms with Crippen molar-refractivity contribution in [3.05, 3.63) is 94.5 Å². The lowest BCUT2D eigenvalue weighted by atomic mass is 10.1. The zero-order chi connectivity index (χ0) is 26.1. The van der Waals surface area contributed by atoms with Crippen molar-refractivity contribution in [2.45, 2.75) is 0 Å². The van der Waals surface area contributed by atoms with Gasteiger partial charge in [-0.15, -0.1) is 6.42 Å². The molecule has 0 atom stereocenters. The SMILES string of the molecule is C#Cc1ccc(N(C(=O)Nc2ccc(C=NN(C)CCN(C)C)cc2)C(=O)c2cccc(Cl)c2)cc1. The molecule has 36 heavy (non-hydrogen) atoms. The second-order valence-electron chi connectivity index (χ2n) is 8.32. The highest BCUT2D eigenvalue weighted by atomic mass is 35.5. The number of urea groups is 1. The van der Waals surface area contributed by atoms with Crippen LogP contribution < -0.4 is 10.2 Å². The third-order valence-corrected chi connectivity index (χ3v) is 5.44. The van der Waals surface area contributed by atoms with E-state index in [-0.39, 0.29) is 5.56 Å². The van der Waals surface area contributed by atoms with E-state index in [1.54, 1.807) is 60.8 Å². The summed E-state index contributed by atoms with van der Waals surface area (Å²) in [6.07, 6.45) is 7.20. The normalized spacial score (nSPS) is 10.8.